The van der Waals surface area contributed by atoms with E-state index in [1.165, 1.54) is 10.9 Å². The Labute approximate surface area is 151 Å². The first kappa shape index (κ1) is 17.2. The third kappa shape index (κ3) is 4.09. The largest absolute Gasteiger partial charge is 0.324 e. The van der Waals surface area contributed by atoms with Crippen LogP contribution in [0.25, 0.3) is 0 Å². The minimum Gasteiger partial charge on any atom is -0.324 e. The van der Waals surface area contributed by atoms with E-state index in [0.717, 1.165) is 22.6 Å². The SMILES string of the molecule is Cc1cc(C)n(Cc2cccc(NC(=O)C(C)n3cc(Cl)cn3)c2)n1. The van der Waals surface area contributed by atoms with Gasteiger partial charge in [-0.1, -0.05) is 23.7 Å². The normalized spacial score (nSPS) is 12.2. The molecule has 7 heteroatoms. The van der Waals surface area contributed by atoms with E-state index in [1.807, 2.05) is 48.9 Å². The topological polar surface area (TPSA) is 64.7 Å². The van der Waals surface area contributed by atoms with Crippen LogP contribution < -0.4 is 5.32 Å². The summed E-state index contributed by atoms with van der Waals surface area (Å²) in [5.41, 5.74) is 3.91. The maximum absolute atomic E-state index is 12.4. The lowest BCUT2D eigenvalue weighted by Gasteiger charge is -2.13. The first-order valence-electron chi connectivity index (χ1n) is 8.03. The Hall–Kier alpha value is -2.60. The van der Waals surface area contributed by atoms with Gasteiger partial charge >= 0.3 is 0 Å². The van der Waals surface area contributed by atoms with Crippen molar-refractivity contribution < 1.29 is 4.79 Å². The first-order chi connectivity index (χ1) is 11.9. The van der Waals surface area contributed by atoms with E-state index in [0.29, 0.717) is 11.6 Å². The van der Waals surface area contributed by atoms with Gasteiger partial charge in [-0.25, -0.2) is 0 Å². The van der Waals surface area contributed by atoms with Gasteiger partial charge < -0.3 is 5.32 Å². The maximum Gasteiger partial charge on any atom is 0.248 e. The van der Waals surface area contributed by atoms with Crippen LogP contribution in [0.5, 0.6) is 0 Å². The molecule has 3 rings (SSSR count). The number of nitrogens with one attached hydrogen (secondary N) is 1. The number of hydrogen-bond acceptors (Lipinski definition) is 3. The van der Waals surface area contributed by atoms with Crippen LogP contribution in [0.2, 0.25) is 5.02 Å². The summed E-state index contributed by atoms with van der Waals surface area (Å²) in [5.74, 6) is -0.150. The number of nitrogens with zero attached hydrogens (tertiary/aromatic N) is 4. The number of aromatic nitrogens is 4. The molecule has 1 unspecified atom stereocenters. The number of anilines is 1. The van der Waals surface area contributed by atoms with Crippen LogP contribution >= 0.6 is 11.6 Å². The van der Waals surface area contributed by atoms with E-state index < -0.39 is 6.04 Å². The molecule has 0 spiro atoms. The number of amides is 1. The lowest BCUT2D eigenvalue weighted by atomic mass is 10.2. The van der Waals surface area contributed by atoms with Gasteiger partial charge in [-0.3, -0.25) is 14.2 Å². The fourth-order valence-electron chi connectivity index (χ4n) is 2.65. The minimum atomic E-state index is -0.452. The number of hydrogen-bond donors (Lipinski definition) is 1. The van der Waals surface area contributed by atoms with Gasteiger partial charge in [0, 0.05) is 17.6 Å². The van der Waals surface area contributed by atoms with Gasteiger partial charge in [-0.05, 0) is 44.5 Å². The quantitative estimate of drug-likeness (QED) is 0.758. The zero-order valence-corrected chi connectivity index (χ0v) is 15.2. The lowest BCUT2D eigenvalue weighted by Crippen LogP contribution is -2.24. The van der Waals surface area contributed by atoms with Gasteiger partial charge in [-0.15, -0.1) is 0 Å². The summed E-state index contributed by atoms with van der Waals surface area (Å²) in [4.78, 5) is 12.4. The van der Waals surface area contributed by atoms with Crippen LogP contribution in [-0.2, 0) is 11.3 Å². The fraction of sp³-hybridized carbons (Fsp3) is 0.278. The highest BCUT2D eigenvalue weighted by atomic mass is 35.5. The monoisotopic (exact) mass is 357 g/mol. The van der Waals surface area contributed by atoms with Gasteiger partial charge in [0.05, 0.1) is 23.5 Å². The maximum atomic E-state index is 12.4. The van der Waals surface area contributed by atoms with Crippen LogP contribution in [0.4, 0.5) is 5.69 Å². The third-order valence-electron chi connectivity index (χ3n) is 3.98. The average molecular weight is 358 g/mol. The van der Waals surface area contributed by atoms with Crippen LogP contribution in [0.15, 0.2) is 42.7 Å². The first-order valence-corrected chi connectivity index (χ1v) is 8.40. The summed E-state index contributed by atoms with van der Waals surface area (Å²) in [5, 5.41) is 12.0. The molecule has 2 heterocycles. The number of carbonyl (C=O) groups excluding carboxylic acids is 1. The zero-order valence-electron chi connectivity index (χ0n) is 14.4. The second-order valence-electron chi connectivity index (χ2n) is 6.09. The number of rotatable bonds is 5. The molecular weight excluding hydrogens is 338 g/mol. The van der Waals surface area contributed by atoms with E-state index in [9.17, 15) is 4.79 Å². The lowest BCUT2D eigenvalue weighted by molar-refractivity contribution is -0.119. The smallest absolute Gasteiger partial charge is 0.248 e. The summed E-state index contributed by atoms with van der Waals surface area (Å²) < 4.78 is 3.49. The molecule has 25 heavy (non-hydrogen) atoms. The van der Waals surface area contributed by atoms with Crippen molar-refractivity contribution in [2.75, 3.05) is 5.32 Å². The summed E-state index contributed by atoms with van der Waals surface area (Å²) in [6.07, 6.45) is 3.14. The predicted octanol–water partition coefficient (Wildman–Crippen LogP) is 3.60. The number of aryl methyl sites for hydroxylation is 2. The average Bonchev–Trinajstić information content (AvgIpc) is 3.12. The molecule has 130 valence electrons. The molecule has 1 amide bonds. The molecule has 0 aliphatic rings. The molecule has 0 bridgehead atoms. The summed E-state index contributed by atoms with van der Waals surface area (Å²) >= 11 is 5.86. The van der Waals surface area contributed by atoms with E-state index >= 15 is 0 Å². The number of benzene rings is 1. The zero-order chi connectivity index (χ0) is 18.0. The molecule has 0 saturated heterocycles. The Morgan fingerprint density at radius 2 is 2.12 bits per heavy atom. The Morgan fingerprint density at radius 1 is 1.32 bits per heavy atom. The van der Waals surface area contributed by atoms with Gasteiger partial charge in [0.25, 0.3) is 0 Å². The van der Waals surface area contributed by atoms with Crippen LogP contribution in [0, 0.1) is 13.8 Å². The molecule has 1 aromatic carbocycles. The highest BCUT2D eigenvalue weighted by molar-refractivity contribution is 6.30. The van der Waals surface area contributed by atoms with E-state index in [1.54, 1.807) is 13.1 Å². The second kappa shape index (κ2) is 7.11. The molecule has 0 fully saturated rings. The molecule has 0 aliphatic heterocycles. The van der Waals surface area contributed by atoms with Crippen LogP contribution in [0.3, 0.4) is 0 Å². The summed E-state index contributed by atoms with van der Waals surface area (Å²) in [7, 11) is 0. The van der Waals surface area contributed by atoms with Gasteiger partial charge in [0.15, 0.2) is 0 Å². The van der Waals surface area contributed by atoms with E-state index in [4.69, 9.17) is 11.6 Å². The van der Waals surface area contributed by atoms with Crippen molar-refractivity contribution in [1.29, 1.82) is 0 Å². The molecule has 3 aromatic rings. The predicted molar refractivity (Wildman–Crippen MR) is 97.8 cm³/mol. The molecule has 1 atom stereocenters. The molecule has 1 N–H and O–H groups in total. The Bertz CT molecular complexity index is 899. The van der Waals surface area contributed by atoms with Crippen LogP contribution in [-0.4, -0.2) is 25.5 Å². The second-order valence-corrected chi connectivity index (χ2v) is 6.53. The highest BCUT2D eigenvalue weighted by Crippen LogP contribution is 2.16. The Balaban J connectivity index is 1.71. The molecule has 0 radical (unpaired) electrons. The number of halogens is 1. The van der Waals surface area contributed by atoms with Crippen molar-refractivity contribution in [2.45, 2.75) is 33.4 Å². The minimum absolute atomic E-state index is 0.150. The Kier molecular flexibility index (Phi) is 4.90. The standard InChI is InChI=1S/C18H20ClN5O/c1-12-7-13(2)23(22-12)10-15-5-4-6-17(8-15)21-18(25)14(3)24-11-16(19)9-20-24/h4-9,11,14H,10H2,1-3H3,(H,21,25). The molecular formula is C18H20ClN5O. The molecule has 0 saturated carbocycles. The van der Waals surface area contributed by atoms with Crippen molar-refractivity contribution in [3.05, 3.63) is 64.7 Å². The molecule has 2 aromatic heterocycles. The summed E-state index contributed by atoms with van der Waals surface area (Å²) in [6, 6.07) is 9.35. The van der Waals surface area contributed by atoms with Crippen molar-refractivity contribution in [2.24, 2.45) is 0 Å². The van der Waals surface area contributed by atoms with Crippen molar-refractivity contribution in [3.8, 4) is 0 Å². The van der Waals surface area contributed by atoms with Crippen molar-refractivity contribution in [1.82, 2.24) is 19.6 Å². The van der Waals surface area contributed by atoms with Gasteiger partial charge in [0.2, 0.25) is 5.91 Å². The van der Waals surface area contributed by atoms with Gasteiger partial charge in [0.1, 0.15) is 6.04 Å². The summed E-state index contributed by atoms with van der Waals surface area (Å²) in [6.45, 7) is 6.44. The van der Waals surface area contributed by atoms with Gasteiger partial charge in [-0.2, -0.15) is 10.2 Å². The van der Waals surface area contributed by atoms with Crippen molar-refractivity contribution in [3.63, 3.8) is 0 Å². The van der Waals surface area contributed by atoms with Crippen LogP contribution in [0.1, 0.15) is 29.9 Å². The Morgan fingerprint density at radius 3 is 2.76 bits per heavy atom. The fourth-order valence-corrected chi connectivity index (χ4v) is 2.79. The molecule has 0 aliphatic carbocycles. The van der Waals surface area contributed by atoms with E-state index in [-0.39, 0.29) is 5.91 Å². The number of carbonyl (C=O) groups is 1. The molecule has 6 nitrogen and oxygen atoms in total. The van der Waals surface area contributed by atoms with Crippen molar-refractivity contribution >= 4 is 23.2 Å². The van der Waals surface area contributed by atoms with E-state index in [2.05, 4.69) is 15.5 Å². The highest BCUT2D eigenvalue weighted by Gasteiger charge is 2.16. The third-order valence-corrected chi connectivity index (χ3v) is 4.17.